The van der Waals surface area contributed by atoms with E-state index in [0.717, 1.165) is 15.6 Å². The molecule has 1 aromatic heterocycles. The van der Waals surface area contributed by atoms with E-state index >= 15 is 0 Å². The number of hydrogen-bond acceptors (Lipinski definition) is 3. The van der Waals surface area contributed by atoms with Gasteiger partial charge in [0.05, 0.1) is 26.4 Å². The fourth-order valence-corrected chi connectivity index (χ4v) is 3.13. The highest BCUT2D eigenvalue weighted by Gasteiger charge is 2.10. The predicted octanol–water partition coefficient (Wildman–Crippen LogP) is 4.64. The molecule has 0 atom stereocenters. The Morgan fingerprint density at radius 2 is 2.10 bits per heavy atom. The van der Waals surface area contributed by atoms with Crippen LogP contribution in [0.3, 0.4) is 0 Å². The van der Waals surface area contributed by atoms with E-state index in [4.69, 9.17) is 23.2 Å². The van der Waals surface area contributed by atoms with Crippen LogP contribution in [0.15, 0.2) is 18.2 Å². The summed E-state index contributed by atoms with van der Waals surface area (Å²) in [7, 11) is 0. The molecule has 1 aromatic carbocycles. The monoisotopic (exact) mass is 328 g/mol. The maximum atomic E-state index is 11.9. The van der Waals surface area contributed by atoms with Crippen LogP contribution in [0.1, 0.15) is 22.0 Å². The minimum absolute atomic E-state index is 0.0837. The largest absolute Gasteiger partial charge is 0.325 e. The summed E-state index contributed by atoms with van der Waals surface area (Å²) in [5.74, 6) is -0.0837. The van der Waals surface area contributed by atoms with Gasteiger partial charge in [-0.05, 0) is 32.4 Å². The smallest absolute Gasteiger partial charge is 0.224 e. The van der Waals surface area contributed by atoms with Crippen LogP contribution in [0.5, 0.6) is 0 Å². The number of nitrogens with one attached hydrogen (secondary N) is 1. The van der Waals surface area contributed by atoms with Gasteiger partial charge in [0.1, 0.15) is 0 Å². The molecule has 0 saturated heterocycles. The van der Waals surface area contributed by atoms with Crippen molar-refractivity contribution in [3.8, 4) is 0 Å². The topological polar surface area (TPSA) is 42.0 Å². The summed E-state index contributed by atoms with van der Waals surface area (Å²) >= 11 is 13.6. The lowest BCUT2D eigenvalue weighted by Crippen LogP contribution is -2.12. The van der Waals surface area contributed by atoms with Crippen molar-refractivity contribution in [3.05, 3.63) is 43.8 Å². The van der Waals surface area contributed by atoms with Crippen molar-refractivity contribution in [2.75, 3.05) is 5.32 Å². The molecule has 1 N–H and O–H groups in total. The Labute approximate surface area is 131 Å². The average Bonchev–Trinajstić information content (AvgIpc) is 2.71. The third-order valence-electron chi connectivity index (χ3n) is 2.80. The van der Waals surface area contributed by atoms with Crippen molar-refractivity contribution in [1.29, 1.82) is 0 Å². The van der Waals surface area contributed by atoms with Crippen molar-refractivity contribution in [2.45, 2.75) is 26.7 Å². The Morgan fingerprint density at radius 3 is 2.75 bits per heavy atom. The summed E-state index contributed by atoms with van der Waals surface area (Å²) < 4.78 is 0. The number of thiazole rings is 1. The number of carbonyl (C=O) groups is 1. The van der Waals surface area contributed by atoms with Crippen LogP contribution in [0, 0.1) is 13.8 Å². The van der Waals surface area contributed by atoms with Gasteiger partial charge in [0, 0.05) is 11.3 Å². The van der Waals surface area contributed by atoms with Crippen LogP contribution < -0.4 is 5.32 Å². The average molecular weight is 329 g/mol. The molecule has 2 aromatic rings. The number of benzene rings is 1. The van der Waals surface area contributed by atoms with Crippen LogP contribution in [-0.4, -0.2) is 10.9 Å². The summed E-state index contributed by atoms with van der Waals surface area (Å²) in [6.45, 7) is 3.93. The van der Waals surface area contributed by atoms with Crippen LogP contribution in [0.4, 0.5) is 5.69 Å². The standard InChI is InChI=1S/C14H14Cl2N2OS/c1-8-12(20-9(2)17-8)6-7-13(19)18-11-5-3-4-10(15)14(11)16/h3-5H,6-7H2,1-2H3,(H,18,19). The Morgan fingerprint density at radius 1 is 1.35 bits per heavy atom. The van der Waals surface area contributed by atoms with E-state index in [0.29, 0.717) is 28.6 Å². The fourth-order valence-electron chi connectivity index (χ4n) is 1.85. The highest BCUT2D eigenvalue weighted by molar-refractivity contribution is 7.11. The number of hydrogen-bond donors (Lipinski definition) is 1. The van der Waals surface area contributed by atoms with Gasteiger partial charge in [-0.3, -0.25) is 4.79 Å². The SMILES string of the molecule is Cc1nc(C)c(CCC(=O)Nc2cccc(Cl)c2Cl)s1. The number of nitrogens with zero attached hydrogens (tertiary/aromatic N) is 1. The molecule has 0 aliphatic rings. The quantitative estimate of drug-likeness (QED) is 0.888. The number of aromatic nitrogens is 1. The first kappa shape index (κ1) is 15.3. The Hall–Kier alpha value is -1.10. The molecule has 0 fully saturated rings. The van der Waals surface area contributed by atoms with Gasteiger partial charge >= 0.3 is 0 Å². The predicted molar refractivity (Wildman–Crippen MR) is 85.0 cm³/mol. The minimum atomic E-state index is -0.0837. The Balaban J connectivity index is 1.96. The first-order valence-corrected chi connectivity index (χ1v) is 7.71. The maximum Gasteiger partial charge on any atom is 0.224 e. The molecule has 1 heterocycles. The molecule has 0 saturated carbocycles. The Bertz CT molecular complexity index is 640. The number of aryl methyl sites for hydroxylation is 3. The molecule has 0 radical (unpaired) electrons. The zero-order valence-corrected chi connectivity index (χ0v) is 13.5. The molecule has 106 valence electrons. The van der Waals surface area contributed by atoms with Gasteiger partial charge in [-0.1, -0.05) is 29.3 Å². The summed E-state index contributed by atoms with van der Waals surface area (Å²) in [6, 6.07) is 5.16. The van der Waals surface area contributed by atoms with Crippen LogP contribution in [-0.2, 0) is 11.2 Å². The maximum absolute atomic E-state index is 11.9. The van der Waals surface area contributed by atoms with Gasteiger partial charge in [-0.15, -0.1) is 11.3 Å². The van der Waals surface area contributed by atoms with Crippen molar-refractivity contribution < 1.29 is 4.79 Å². The van der Waals surface area contributed by atoms with Crippen LogP contribution in [0.2, 0.25) is 10.0 Å². The molecule has 0 aliphatic carbocycles. The van der Waals surface area contributed by atoms with Crippen molar-refractivity contribution in [1.82, 2.24) is 4.98 Å². The van der Waals surface area contributed by atoms with E-state index in [1.54, 1.807) is 29.5 Å². The molecule has 1 amide bonds. The van der Waals surface area contributed by atoms with E-state index in [2.05, 4.69) is 10.3 Å². The first-order chi connectivity index (χ1) is 9.47. The van der Waals surface area contributed by atoms with E-state index in [1.807, 2.05) is 13.8 Å². The molecule has 0 bridgehead atoms. The zero-order valence-electron chi connectivity index (χ0n) is 11.2. The van der Waals surface area contributed by atoms with E-state index in [-0.39, 0.29) is 5.91 Å². The number of amides is 1. The van der Waals surface area contributed by atoms with E-state index < -0.39 is 0 Å². The van der Waals surface area contributed by atoms with Gasteiger partial charge in [0.15, 0.2) is 0 Å². The van der Waals surface area contributed by atoms with Gasteiger partial charge in [0.2, 0.25) is 5.91 Å². The zero-order chi connectivity index (χ0) is 14.7. The minimum Gasteiger partial charge on any atom is -0.325 e. The molecule has 0 aliphatic heterocycles. The molecule has 0 unspecified atom stereocenters. The molecule has 3 nitrogen and oxygen atoms in total. The fraction of sp³-hybridized carbons (Fsp3) is 0.286. The second-order valence-electron chi connectivity index (χ2n) is 4.39. The van der Waals surface area contributed by atoms with E-state index in [9.17, 15) is 4.79 Å². The van der Waals surface area contributed by atoms with Crippen LogP contribution >= 0.6 is 34.5 Å². The summed E-state index contributed by atoms with van der Waals surface area (Å²) in [4.78, 5) is 17.4. The van der Waals surface area contributed by atoms with Gasteiger partial charge in [0.25, 0.3) is 0 Å². The molecule has 0 spiro atoms. The number of halogens is 2. The molecule has 6 heteroatoms. The lowest BCUT2D eigenvalue weighted by molar-refractivity contribution is -0.116. The number of carbonyl (C=O) groups excluding carboxylic acids is 1. The first-order valence-electron chi connectivity index (χ1n) is 6.14. The van der Waals surface area contributed by atoms with E-state index in [1.165, 1.54) is 0 Å². The molecule has 20 heavy (non-hydrogen) atoms. The molecular formula is C14H14Cl2N2OS. The van der Waals surface area contributed by atoms with Crippen molar-refractivity contribution in [3.63, 3.8) is 0 Å². The highest BCUT2D eigenvalue weighted by Crippen LogP contribution is 2.29. The number of anilines is 1. The summed E-state index contributed by atoms with van der Waals surface area (Å²) in [5, 5.41) is 4.60. The molecule has 2 rings (SSSR count). The summed E-state index contributed by atoms with van der Waals surface area (Å²) in [6.07, 6.45) is 1.08. The lowest BCUT2D eigenvalue weighted by atomic mass is 10.2. The lowest BCUT2D eigenvalue weighted by Gasteiger charge is -2.07. The highest BCUT2D eigenvalue weighted by atomic mass is 35.5. The van der Waals surface area contributed by atoms with Crippen molar-refractivity contribution in [2.24, 2.45) is 0 Å². The number of rotatable bonds is 4. The van der Waals surface area contributed by atoms with Crippen LogP contribution in [0.25, 0.3) is 0 Å². The Kier molecular flexibility index (Phi) is 5.02. The normalized spacial score (nSPS) is 10.6. The van der Waals surface area contributed by atoms with Crippen molar-refractivity contribution >= 4 is 46.1 Å². The third-order valence-corrected chi connectivity index (χ3v) is 4.76. The van der Waals surface area contributed by atoms with Gasteiger partial charge < -0.3 is 5.32 Å². The second-order valence-corrected chi connectivity index (χ2v) is 6.46. The third kappa shape index (κ3) is 3.72. The summed E-state index contributed by atoms with van der Waals surface area (Å²) in [5.41, 5.74) is 1.54. The molecular weight excluding hydrogens is 315 g/mol. The second kappa shape index (κ2) is 6.57. The van der Waals surface area contributed by atoms with Gasteiger partial charge in [-0.25, -0.2) is 4.98 Å². The van der Waals surface area contributed by atoms with Gasteiger partial charge in [-0.2, -0.15) is 0 Å².